The number of carbonyl (C=O) groups excluding carboxylic acids is 6. The molecule has 1 unspecified atom stereocenters. The summed E-state index contributed by atoms with van der Waals surface area (Å²) < 4.78 is 27.3. The lowest BCUT2D eigenvalue weighted by Crippen LogP contribution is -2.49. The fourth-order valence-electron chi connectivity index (χ4n) is 5.43. The molecule has 3 amide bonds. The van der Waals surface area contributed by atoms with E-state index in [1.54, 1.807) is 114 Å². The first-order valence-electron chi connectivity index (χ1n) is 19.5. The van der Waals surface area contributed by atoms with E-state index >= 15 is 0 Å². The fraction of sp³-hybridized carbons (Fsp3) is 0.444. The van der Waals surface area contributed by atoms with Crippen LogP contribution in [-0.2, 0) is 35.1 Å². The molecule has 0 aliphatic rings. The number of halogens is 1. The van der Waals surface area contributed by atoms with E-state index in [0.717, 1.165) is 4.90 Å². The molecule has 0 aromatic heterocycles. The summed E-state index contributed by atoms with van der Waals surface area (Å²) in [6, 6.07) is 16.4. The van der Waals surface area contributed by atoms with Crippen molar-refractivity contribution < 1.29 is 52.5 Å². The number of hydrogen-bond acceptors (Lipinski definition) is 12. The highest BCUT2D eigenvalue weighted by Gasteiger charge is 2.31. The standard InChI is InChI=1S/C45H57ClN4O11/c1-27(36(52)49(26-35(51)58-42(2,3)4)25-28-15-14-16-30(23-28)38(54)59-43(5,6)7)33-22-21-32(24-34(33)46)57-37(53)29-17-19-31(20-18-29)50(41(56)61-45(11,12)13)39(47)48-40(55)60-44(8,9)10/h14-24,27H,25-26H2,1-13H3,(H2,47,48,55). The summed E-state index contributed by atoms with van der Waals surface area (Å²) in [5.74, 6) is -3.89. The van der Waals surface area contributed by atoms with E-state index in [0.29, 0.717) is 11.1 Å². The van der Waals surface area contributed by atoms with Crippen molar-refractivity contribution in [2.45, 2.75) is 125 Å². The zero-order chi connectivity index (χ0) is 46.2. The summed E-state index contributed by atoms with van der Waals surface area (Å²) in [6.45, 7) is 21.5. The van der Waals surface area contributed by atoms with Crippen LogP contribution in [0.5, 0.6) is 5.75 Å². The minimum Gasteiger partial charge on any atom is -0.459 e. The summed E-state index contributed by atoms with van der Waals surface area (Å²) in [5.41, 5.74) is -1.93. The van der Waals surface area contributed by atoms with Crippen molar-refractivity contribution in [1.82, 2.24) is 10.2 Å². The van der Waals surface area contributed by atoms with Gasteiger partial charge < -0.3 is 28.6 Å². The van der Waals surface area contributed by atoms with Gasteiger partial charge in [-0.1, -0.05) is 29.8 Å². The Balaban J connectivity index is 1.83. The van der Waals surface area contributed by atoms with E-state index in [1.165, 1.54) is 47.4 Å². The molecule has 3 aromatic carbocycles. The molecule has 0 fully saturated rings. The third-order valence-corrected chi connectivity index (χ3v) is 8.11. The van der Waals surface area contributed by atoms with Crippen LogP contribution in [0.1, 0.15) is 128 Å². The molecule has 0 aliphatic heterocycles. The third-order valence-electron chi connectivity index (χ3n) is 7.79. The summed E-state index contributed by atoms with van der Waals surface area (Å²) in [4.78, 5) is 80.9. The van der Waals surface area contributed by atoms with Crippen LogP contribution >= 0.6 is 11.6 Å². The van der Waals surface area contributed by atoms with Crippen molar-refractivity contribution >= 4 is 59.2 Å². The number of anilines is 1. The van der Waals surface area contributed by atoms with Gasteiger partial charge in [0.25, 0.3) is 0 Å². The van der Waals surface area contributed by atoms with E-state index in [-0.39, 0.29) is 40.7 Å². The molecule has 0 saturated heterocycles. The molecule has 61 heavy (non-hydrogen) atoms. The predicted molar refractivity (Wildman–Crippen MR) is 230 cm³/mol. The molecular formula is C45H57ClN4O11. The Labute approximate surface area is 362 Å². The van der Waals surface area contributed by atoms with Crippen LogP contribution in [-0.4, -0.2) is 75.8 Å². The quantitative estimate of drug-likeness (QED) is 0.0649. The van der Waals surface area contributed by atoms with Gasteiger partial charge in [0.15, 0.2) is 0 Å². The highest BCUT2D eigenvalue weighted by molar-refractivity contribution is 6.31. The van der Waals surface area contributed by atoms with E-state index in [1.807, 2.05) is 0 Å². The average Bonchev–Trinajstić information content (AvgIpc) is 3.08. The molecule has 16 heteroatoms. The summed E-state index contributed by atoms with van der Waals surface area (Å²) in [5, 5.41) is 10.8. The highest BCUT2D eigenvalue weighted by Crippen LogP contribution is 2.31. The Morgan fingerprint density at radius 1 is 0.689 bits per heavy atom. The molecule has 0 heterocycles. The molecule has 0 aliphatic carbocycles. The first kappa shape index (κ1) is 49.4. The van der Waals surface area contributed by atoms with Gasteiger partial charge in [0.1, 0.15) is 34.7 Å². The zero-order valence-corrected chi connectivity index (χ0v) is 37.9. The van der Waals surface area contributed by atoms with Gasteiger partial charge in [-0.2, -0.15) is 0 Å². The van der Waals surface area contributed by atoms with Crippen molar-refractivity contribution in [1.29, 1.82) is 5.41 Å². The maximum Gasteiger partial charge on any atom is 0.421 e. The highest BCUT2D eigenvalue weighted by atomic mass is 35.5. The normalized spacial score (nSPS) is 12.3. The molecule has 0 spiro atoms. The molecule has 330 valence electrons. The number of hydrogen-bond donors (Lipinski definition) is 2. The molecule has 3 rings (SSSR count). The van der Waals surface area contributed by atoms with Crippen LogP contribution < -0.4 is 15.0 Å². The second-order valence-electron chi connectivity index (χ2n) is 18.1. The van der Waals surface area contributed by atoms with Crippen LogP contribution in [0.4, 0.5) is 15.3 Å². The second kappa shape index (κ2) is 19.6. The number of guanidine groups is 1. The van der Waals surface area contributed by atoms with Crippen molar-refractivity contribution in [2.24, 2.45) is 0 Å². The van der Waals surface area contributed by atoms with Crippen LogP contribution in [0.25, 0.3) is 0 Å². The number of nitrogens with one attached hydrogen (secondary N) is 2. The topological polar surface area (TPSA) is 191 Å². The van der Waals surface area contributed by atoms with E-state index in [9.17, 15) is 28.8 Å². The Morgan fingerprint density at radius 3 is 1.80 bits per heavy atom. The monoisotopic (exact) mass is 864 g/mol. The fourth-order valence-corrected chi connectivity index (χ4v) is 5.76. The Morgan fingerprint density at radius 2 is 1.26 bits per heavy atom. The van der Waals surface area contributed by atoms with E-state index < -0.39 is 70.3 Å². The lowest BCUT2D eigenvalue weighted by atomic mass is 9.98. The molecule has 0 bridgehead atoms. The smallest absolute Gasteiger partial charge is 0.421 e. The molecule has 3 aromatic rings. The number of rotatable bonds is 10. The average molecular weight is 865 g/mol. The Hall–Kier alpha value is -5.96. The first-order valence-corrected chi connectivity index (χ1v) is 19.9. The molecule has 15 nitrogen and oxygen atoms in total. The van der Waals surface area contributed by atoms with Crippen LogP contribution in [0.3, 0.4) is 0 Å². The third kappa shape index (κ3) is 16.2. The van der Waals surface area contributed by atoms with Crippen LogP contribution in [0.2, 0.25) is 5.02 Å². The Bertz CT molecular complexity index is 2130. The number of alkyl carbamates (subject to hydrolysis) is 1. The maximum atomic E-state index is 14.1. The van der Waals surface area contributed by atoms with E-state index in [4.69, 9.17) is 40.7 Å². The van der Waals surface area contributed by atoms with Gasteiger partial charge in [0.2, 0.25) is 11.9 Å². The maximum absolute atomic E-state index is 14.1. The van der Waals surface area contributed by atoms with Crippen molar-refractivity contribution in [3.63, 3.8) is 0 Å². The lowest BCUT2D eigenvalue weighted by Gasteiger charge is -2.28. The van der Waals surface area contributed by atoms with Gasteiger partial charge in [0.05, 0.1) is 22.7 Å². The Kier molecular flexibility index (Phi) is 15.9. The van der Waals surface area contributed by atoms with Gasteiger partial charge in [0, 0.05) is 11.6 Å². The van der Waals surface area contributed by atoms with Gasteiger partial charge in [-0.3, -0.25) is 20.3 Å². The predicted octanol–water partition coefficient (Wildman–Crippen LogP) is 9.19. The van der Waals surface area contributed by atoms with Crippen LogP contribution in [0, 0.1) is 5.41 Å². The van der Waals surface area contributed by atoms with Gasteiger partial charge in [-0.15, -0.1) is 0 Å². The first-order chi connectivity index (χ1) is 27.9. The number of nitrogens with zero attached hydrogens (tertiary/aromatic N) is 2. The van der Waals surface area contributed by atoms with Gasteiger partial charge in [-0.05, 0) is 150 Å². The summed E-state index contributed by atoms with van der Waals surface area (Å²) in [6.07, 6.45) is -1.93. The minimum atomic E-state index is -0.966. The van der Waals surface area contributed by atoms with E-state index in [2.05, 4.69) is 5.32 Å². The van der Waals surface area contributed by atoms with Crippen molar-refractivity contribution in [3.05, 3.63) is 94.0 Å². The number of carbonyl (C=O) groups is 6. The summed E-state index contributed by atoms with van der Waals surface area (Å²) >= 11 is 6.68. The van der Waals surface area contributed by atoms with Crippen LogP contribution in [0.15, 0.2) is 66.7 Å². The lowest BCUT2D eigenvalue weighted by molar-refractivity contribution is -0.159. The summed E-state index contributed by atoms with van der Waals surface area (Å²) in [7, 11) is 0. The van der Waals surface area contributed by atoms with Gasteiger partial charge in [-0.25, -0.2) is 24.1 Å². The number of amides is 3. The molecular weight excluding hydrogens is 808 g/mol. The van der Waals surface area contributed by atoms with Gasteiger partial charge >= 0.3 is 30.1 Å². The minimum absolute atomic E-state index is 0.0396. The van der Waals surface area contributed by atoms with Crippen molar-refractivity contribution in [2.75, 3.05) is 11.4 Å². The largest absolute Gasteiger partial charge is 0.459 e. The van der Waals surface area contributed by atoms with Crippen molar-refractivity contribution in [3.8, 4) is 5.75 Å². The number of esters is 3. The molecule has 0 radical (unpaired) electrons. The number of ether oxygens (including phenoxy) is 5. The molecule has 2 N–H and O–H groups in total. The molecule has 1 atom stereocenters. The SMILES string of the molecule is CC(C(=O)N(CC(=O)OC(C)(C)C)Cc1cccc(C(=O)OC(C)(C)C)c1)c1ccc(OC(=O)c2ccc(N(C(=N)NC(=O)OC(C)(C)C)C(=O)OC(C)(C)C)cc2)cc1Cl. The number of benzene rings is 3. The second-order valence-corrected chi connectivity index (χ2v) is 18.5. The molecule has 0 saturated carbocycles. The zero-order valence-electron chi connectivity index (χ0n) is 37.1.